The third-order valence-electron chi connectivity index (χ3n) is 2.65. The van der Waals surface area contributed by atoms with E-state index in [4.69, 9.17) is 10.5 Å². The minimum atomic E-state index is -3.92. The van der Waals surface area contributed by atoms with Crippen LogP contribution in [0, 0.1) is 5.82 Å². The van der Waals surface area contributed by atoms with Crippen LogP contribution >= 0.6 is 0 Å². The van der Waals surface area contributed by atoms with Gasteiger partial charge < -0.3 is 10.5 Å². The minimum absolute atomic E-state index is 0.0288. The fourth-order valence-corrected chi connectivity index (χ4v) is 2.74. The van der Waals surface area contributed by atoms with Crippen molar-refractivity contribution in [1.82, 2.24) is 4.72 Å². The Bertz CT molecular complexity index is 705. The predicted molar refractivity (Wildman–Crippen MR) is 77.9 cm³/mol. The second-order valence-corrected chi connectivity index (χ2v) is 5.98. The standard InChI is InChI=1S/C14H15FN2O3S/c15-13-10-11(16)6-7-14(13)21(18,19)17-8-9-20-12-4-2-1-3-5-12/h1-7,10,17H,8-9,16H2. The van der Waals surface area contributed by atoms with Gasteiger partial charge in [-0.3, -0.25) is 0 Å². The topological polar surface area (TPSA) is 81.4 Å². The summed E-state index contributed by atoms with van der Waals surface area (Å²) in [6, 6.07) is 12.4. The summed E-state index contributed by atoms with van der Waals surface area (Å²) in [6.45, 7) is 0.168. The van der Waals surface area contributed by atoms with E-state index in [-0.39, 0.29) is 18.8 Å². The number of nitrogens with one attached hydrogen (secondary N) is 1. The average molecular weight is 310 g/mol. The van der Waals surface area contributed by atoms with Crippen molar-refractivity contribution in [2.75, 3.05) is 18.9 Å². The number of sulfonamides is 1. The molecule has 3 N–H and O–H groups in total. The molecule has 0 saturated carbocycles. The second kappa shape index (κ2) is 6.55. The number of hydrogen-bond acceptors (Lipinski definition) is 4. The SMILES string of the molecule is Nc1ccc(S(=O)(=O)NCCOc2ccccc2)c(F)c1. The summed E-state index contributed by atoms with van der Waals surface area (Å²) in [4.78, 5) is -0.434. The number of rotatable bonds is 6. The van der Waals surface area contributed by atoms with Crippen LogP contribution in [0.3, 0.4) is 0 Å². The monoisotopic (exact) mass is 310 g/mol. The third-order valence-corrected chi connectivity index (χ3v) is 4.15. The molecule has 0 fully saturated rings. The first-order valence-corrected chi connectivity index (χ1v) is 7.70. The molecule has 0 radical (unpaired) electrons. The van der Waals surface area contributed by atoms with Gasteiger partial charge in [0, 0.05) is 12.2 Å². The van der Waals surface area contributed by atoms with Crippen molar-refractivity contribution in [1.29, 1.82) is 0 Å². The first-order chi connectivity index (χ1) is 9.99. The molecule has 0 heterocycles. The van der Waals surface area contributed by atoms with Crippen molar-refractivity contribution in [3.8, 4) is 5.75 Å². The molecule has 0 unspecified atom stereocenters. The summed E-state index contributed by atoms with van der Waals surface area (Å²) in [5.41, 5.74) is 5.55. The van der Waals surface area contributed by atoms with Crippen molar-refractivity contribution in [2.45, 2.75) is 4.90 Å². The molecule has 21 heavy (non-hydrogen) atoms. The molecule has 2 rings (SSSR count). The van der Waals surface area contributed by atoms with E-state index < -0.39 is 20.7 Å². The van der Waals surface area contributed by atoms with Gasteiger partial charge in [-0.2, -0.15) is 0 Å². The van der Waals surface area contributed by atoms with E-state index in [2.05, 4.69) is 4.72 Å². The Morgan fingerprint density at radius 1 is 1.14 bits per heavy atom. The molecule has 0 saturated heterocycles. The summed E-state index contributed by atoms with van der Waals surface area (Å²) in [5.74, 6) is -0.248. The number of nitrogen functional groups attached to an aromatic ring is 1. The quantitative estimate of drug-likeness (QED) is 0.629. The van der Waals surface area contributed by atoms with Crippen LogP contribution < -0.4 is 15.2 Å². The lowest BCUT2D eigenvalue weighted by Crippen LogP contribution is -2.29. The molecule has 0 aromatic heterocycles. The maximum absolute atomic E-state index is 13.6. The Hall–Kier alpha value is -2.12. The number of halogens is 1. The molecule has 7 heteroatoms. The van der Waals surface area contributed by atoms with Crippen LogP contribution in [-0.2, 0) is 10.0 Å². The van der Waals surface area contributed by atoms with Crippen LogP contribution in [0.4, 0.5) is 10.1 Å². The van der Waals surface area contributed by atoms with Gasteiger partial charge in [0.05, 0.1) is 0 Å². The van der Waals surface area contributed by atoms with E-state index in [1.807, 2.05) is 18.2 Å². The van der Waals surface area contributed by atoms with Gasteiger partial charge in [-0.05, 0) is 30.3 Å². The lowest BCUT2D eigenvalue weighted by molar-refractivity contribution is 0.322. The van der Waals surface area contributed by atoms with Crippen molar-refractivity contribution in [3.63, 3.8) is 0 Å². The number of benzene rings is 2. The predicted octanol–water partition coefficient (Wildman–Crippen LogP) is 1.77. The van der Waals surface area contributed by atoms with Crippen molar-refractivity contribution >= 4 is 15.7 Å². The third kappa shape index (κ3) is 4.17. The molecule has 0 atom stereocenters. The van der Waals surface area contributed by atoms with E-state index in [0.29, 0.717) is 5.75 Å². The Labute approximate surface area is 122 Å². The summed E-state index contributed by atoms with van der Waals surface area (Å²) in [5, 5.41) is 0. The van der Waals surface area contributed by atoms with Crippen LogP contribution in [0.15, 0.2) is 53.4 Å². The number of anilines is 1. The van der Waals surface area contributed by atoms with Crippen molar-refractivity contribution in [2.24, 2.45) is 0 Å². The molecule has 0 bridgehead atoms. The van der Waals surface area contributed by atoms with Gasteiger partial charge >= 0.3 is 0 Å². The van der Waals surface area contributed by atoms with Crippen molar-refractivity contribution in [3.05, 3.63) is 54.3 Å². The summed E-state index contributed by atoms with van der Waals surface area (Å²) >= 11 is 0. The zero-order chi connectivity index (χ0) is 15.3. The van der Waals surface area contributed by atoms with Gasteiger partial charge in [-0.1, -0.05) is 18.2 Å². The van der Waals surface area contributed by atoms with Gasteiger partial charge in [-0.25, -0.2) is 17.5 Å². The van der Waals surface area contributed by atoms with Gasteiger partial charge in [0.1, 0.15) is 23.1 Å². The molecule has 112 valence electrons. The summed E-state index contributed by atoms with van der Waals surface area (Å²) in [7, 11) is -3.92. The van der Waals surface area contributed by atoms with Gasteiger partial charge in [0.2, 0.25) is 10.0 Å². The van der Waals surface area contributed by atoms with E-state index in [9.17, 15) is 12.8 Å². The zero-order valence-electron chi connectivity index (χ0n) is 11.1. The van der Waals surface area contributed by atoms with Crippen LogP contribution in [0.1, 0.15) is 0 Å². The van der Waals surface area contributed by atoms with E-state index in [1.54, 1.807) is 12.1 Å². The molecule has 5 nitrogen and oxygen atoms in total. The molecule has 2 aromatic rings. The average Bonchev–Trinajstić information content (AvgIpc) is 2.44. The lowest BCUT2D eigenvalue weighted by atomic mass is 10.3. The van der Waals surface area contributed by atoms with Gasteiger partial charge in [0.25, 0.3) is 0 Å². The zero-order valence-corrected chi connectivity index (χ0v) is 11.9. The highest BCUT2D eigenvalue weighted by Crippen LogP contribution is 2.16. The summed E-state index contributed by atoms with van der Waals surface area (Å²) < 4.78 is 45.1. The van der Waals surface area contributed by atoms with Crippen molar-refractivity contribution < 1.29 is 17.5 Å². The number of hydrogen-bond donors (Lipinski definition) is 2. The Balaban J connectivity index is 1.92. The van der Waals surface area contributed by atoms with Gasteiger partial charge in [-0.15, -0.1) is 0 Å². The minimum Gasteiger partial charge on any atom is -0.492 e. The molecule has 0 aliphatic rings. The fraction of sp³-hybridized carbons (Fsp3) is 0.143. The number of ether oxygens (including phenoxy) is 1. The maximum Gasteiger partial charge on any atom is 0.243 e. The molecule has 0 amide bonds. The highest BCUT2D eigenvalue weighted by Gasteiger charge is 2.18. The largest absolute Gasteiger partial charge is 0.492 e. The molecule has 2 aromatic carbocycles. The van der Waals surface area contributed by atoms with Gasteiger partial charge in [0.15, 0.2) is 0 Å². The second-order valence-electron chi connectivity index (χ2n) is 4.25. The van der Waals surface area contributed by atoms with E-state index in [0.717, 1.165) is 12.1 Å². The van der Waals surface area contributed by atoms with Crippen LogP contribution in [0.5, 0.6) is 5.75 Å². The Morgan fingerprint density at radius 3 is 2.52 bits per heavy atom. The highest BCUT2D eigenvalue weighted by molar-refractivity contribution is 7.89. The smallest absolute Gasteiger partial charge is 0.243 e. The fourth-order valence-electron chi connectivity index (χ4n) is 1.67. The van der Waals surface area contributed by atoms with E-state index in [1.165, 1.54) is 6.07 Å². The van der Waals surface area contributed by atoms with E-state index >= 15 is 0 Å². The van der Waals surface area contributed by atoms with Crippen LogP contribution in [-0.4, -0.2) is 21.6 Å². The first kappa shape index (κ1) is 15.3. The van der Waals surface area contributed by atoms with Crippen LogP contribution in [0.2, 0.25) is 0 Å². The first-order valence-electron chi connectivity index (χ1n) is 6.21. The molecular formula is C14H15FN2O3S. The Kier molecular flexibility index (Phi) is 4.77. The molecular weight excluding hydrogens is 295 g/mol. The molecule has 0 spiro atoms. The number of nitrogens with two attached hydrogens (primary N) is 1. The highest BCUT2D eigenvalue weighted by atomic mass is 32.2. The summed E-state index contributed by atoms with van der Waals surface area (Å²) in [6.07, 6.45) is 0. The molecule has 0 aliphatic heterocycles. The molecule has 0 aliphatic carbocycles. The normalized spacial score (nSPS) is 11.3. The van der Waals surface area contributed by atoms with Crippen LogP contribution in [0.25, 0.3) is 0 Å². The maximum atomic E-state index is 13.6. The Morgan fingerprint density at radius 2 is 1.86 bits per heavy atom. The lowest BCUT2D eigenvalue weighted by Gasteiger charge is -2.09. The number of para-hydroxylation sites is 1.